The molecule has 1 unspecified atom stereocenters. The van der Waals surface area contributed by atoms with E-state index in [1.54, 1.807) is 14.2 Å². The molecule has 1 heterocycles. The Morgan fingerprint density at radius 2 is 1.75 bits per heavy atom. The van der Waals surface area contributed by atoms with Crippen molar-refractivity contribution in [2.24, 2.45) is 0 Å². The maximum atomic E-state index is 10.1. The van der Waals surface area contributed by atoms with E-state index in [9.17, 15) is 5.11 Å². The molecule has 1 rings (SSSR count). The minimum Gasteiger partial charge on any atom is -0.396 e. The average Bonchev–Trinajstić information content (AvgIpc) is 2.36. The maximum Gasteiger partial charge on any atom is 0.364 e. The number of aliphatic hydroxyl groups excluding tert-OH is 1. The molecule has 0 spiro atoms. The quantitative estimate of drug-likeness (QED) is 0.715. The summed E-state index contributed by atoms with van der Waals surface area (Å²) in [6.07, 6.45) is 4.69. The third kappa shape index (κ3) is 3.82. The van der Waals surface area contributed by atoms with E-state index in [1.807, 2.05) is 6.55 Å². The summed E-state index contributed by atoms with van der Waals surface area (Å²) in [4.78, 5) is 2.42. The van der Waals surface area contributed by atoms with Gasteiger partial charge in [-0.15, -0.1) is 0 Å². The van der Waals surface area contributed by atoms with Gasteiger partial charge in [0.1, 0.15) is 0 Å². The second-order valence-corrected chi connectivity index (χ2v) is 8.15. The highest BCUT2D eigenvalue weighted by Gasteiger charge is 2.38. The zero-order valence-corrected chi connectivity index (χ0v) is 11.7. The molecule has 0 bridgehead atoms. The lowest BCUT2D eigenvalue weighted by molar-refractivity contribution is 0.121. The van der Waals surface area contributed by atoms with Crippen molar-refractivity contribution in [3.63, 3.8) is 0 Å². The van der Waals surface area contributed by atoms with E-state index in [0.717, 1.165) is 13.0 Å². The number of aliphatic hydroxyl groups is 1. The van der Waals surface area contributed by atoms with Crippen LogP contribution in [0.4, 0.5) is 0 Å². The summed E-state index contributed by atoms with van der Waals surface area (Å²) < 4.78 is 10.7. The molecule has 0 amide bonds. The van der Waals surface area contributed by atoms with Gasteiger partial charge in [-0.05, 0) is 38.9 Å². The Morgan fingerprint density at radius 3 is 2.25 bits per heavy atom. The highest BCUT2D eigenvalue weighted by molar-refractivity contribution is 6.67. The van der Waals surface area contributed by atoms with Crippen LogP contribution in [0.1, 0.15) is 25.7 Å². The second kappa shape index (κ2) is 6.71. The molecule has 1 atom stereocenters. The van der Waals surface area contributed by atoms with Crippen LogP contribution in [0.5, 0.6) is 0 Å². The van der Waals surface area contributed by atoms with Crippen LogP contribution in [0.25, 0.3) is 0 Å². The molecule has 4 nitrogen and oxygen atoms in total. The van der Waals surface area contributed by atoms with E-state index in [0.29, 0.717) is 0 Å². The molecule has 5 heteroatoms. The summed E-state index contributed by atoms with van der Waals surface area (Å²) in [5.41, 5.74) is -0.440. The fourth-order valence-electron chi connectivity index (χ4n) is 2.11. The van der Waals surface area contributed by atoms with Crippen molar-refractivity contribution in [3.8, 4) is 0 Å². The van der Waals surface area contributed by atoms with Gasteiger partial charge in [0, 0.05) is 20.8 Å². The Bertz CT molecular complexity index is 194. The van der Waals surface area contributed by atoms with Gasteiger partial charge < -0.3 is 18.9 Å². The Kier molecular flexibility index (Phi) is 5.92. The smallest absolute Gasteiger partial charge is 0.364 e. The maximum absolute atomic E-state index is 10.1. The topological polar surface area (TPSA) is 41.9 Å². The number of hydrogen-bond donors (Lipinski definition) is 1. The number of piperidine rings is 1. The summed E-state index contributed by atoms with van der Waals surface area (Å²) in [6, 6.07) is 0. The summed E-state index contributed by atoms with van der Waals surface area (Å²) in [7, 11) is 0.893. The standard InChI is InChI=1S/C11H25NO3Si/c1-14-16(3,15-2)11(13)7-10-12-8-5-4-6-9-12/h11,13H,4-10H2,1-3H3. The number of nitrogens with zero attached hydrogens (tertiary/aromatic N) is 1. The van der Waals surface area contributed by atoms with Crippen molar-refractivity contribution >= 4 is 8.56 Å². The largest absolute Gasteiger partial charge is 0.396 e. The monoisotopic (exact) mass is 247 g/mol. The van der Waals surface area contributed by atoms with Crippen LogP contribution in [0.2, 0.25) is 6.55 Å². The Labute approximate surface area is 99.8 Å². The zero-order chi connectivity index (χ0) is 12.0. The van der Waals surface area contributed by atoms with Crippen LogP contribution >= 0.6 is 0 Å². The van der Waals surface area contributed by atoms with Gasteiger partial charge in [0.2, 0.25) is 0 Å². The molecule has 1 aliphatic heterocycles. The van der Waals surface area contributed by atoms with Gasteiger partial charge >= 0.3 is 8.56 Å². The molecule has 1 fully saturated rings. The van der Waals surface area contributed by atoms with Crippen molar-refractivity contribution in [1.82, 2.24) is 4.90 Å². The van der Waals surface area contributed by atoms with E-state index in [1.165, 1.54) is 32.4 Å². The highest BCUT2D eigenvalue weighted by Crippen LogP contribution is 2.15. The first-order valence-electron chi connectivity index (χ1n) is 6.13. The third-order valence-corrected chi connectivity index (χ3v) is 6.70. The lowest BCUT2D eigenvalue weighted by Gasteiger charge is -2.31. The SMILES string of the molecule is CO[Si](C)(OC)C(O)CCN1CCCCC1. The predicted molar refractivity (Wildman–Crippen MR) is 66.6 cm³/mol. The molecule has 0 aromatic rings. The highest BCUT2D eigenvalue weighted by atomic mass is 28.4. The molecule has 0 saturated carbocycles. The molecular weight excluding hydrogens is 222 g/mol. The Balaban J connectivity index is 2.30. The molecule has 0 aliphatic carbocycles. The Hall–Kier alpha value is 0.0569. The lowest BCUT2D eigenvalue weighted by atomic mass is 10.1. The van der Waals surface area contributed by atoms with Gasteiger partial charge in [0.25, 0.3) is 0 Å². The second-order valence-electron chi connectivity index (χ2n) is 4.63. The molecule has 16 heavy (non-hydrogen) atoms. The van der Waals surface area contributed by atoms with Gasteiger partial charge in [-0.3, -0.25) is 0 Å². The fraction of sp³-hybridized carbons (Fsp3) is 1.00. The number of rotatable bonds is 6. The Morgan fingerprint density at radius 1 is 1.19 bits per heavy atom. The fourth-order valence-corrected chi connectivity index (χ4v) is 3.47. The molecule has 0 radical (unpaired) electrons. The van der Waals surface area contributed by atoms with Crippen LogP contribution in [-0.2, 0) is 8.85 Å². The summed E-state index contributed by atoms with van der Waals surface area (Å²) in [5.74, 6) is 0. The van der Waals surface area contributed by atoms with Crippen LogP contribution < -0.4 is 0 Å². The molecule has 0 aromatic heterocycles. The summed E-state index contributed by atoms with van der Waals surface area (Å²) in [5, 5.41) is 10.1. The van der Waals surface area contributed by atoms with Crippen LogP contribution in [-0.4, -0.2) is 58.1 Å². The van der Waals surface area contributed by atoms with Crippen LogP contribution in [0.3, 0.4) is 0 Å². The van der Waals surface area contributed by atoms with Crippen LogP contribution in [0.15, 0.2) is 0 Å². The van der Waals surface area contributed by atoms with Crippen molar-refractivity contribution in [1.29, 1.82) is 0 Å². The van der Waals surface area contributed by atoms with Gasteiger partial charge in [0.05, 0.1) is 5.73 Å². The van der Waals surface area contributed by atoms with E-state index in [4.69, 9.17) is 8.85 Å². The van der Waals surface area contributed by atoms with Crippen molar-refractivity contribution in [3.05, 3.63) is 0 Å². The zero-order valence-electron chi connectivity index (χ0n) is 10.7. The average molecular weight is 247 g/mol. The van der Waals surface area contributed by atoms with Gasteiger partial charge in [-0.1, -0.05) is 6.42 Å². The molecule has 1 aliphatic rings. The lowest BCUT2D eigenvalue weighted by Crippen LogP contribution is -2.50. The molecule has 96 valence electrons. The van der Waals surface area contributed by atoms with E-state index >= 15 is 0 Å². The molecule has 1 saturated heterocycles. The first-order valence-corrected chi connectivity index (χ1v) is 8.52. The molecular formula is C11H25NO3Si. The van der Waals surface area contributed by atoms with Gasteiger partial charge in [-0.25, -0.2) is 0 Å². The first-order chi connectivity index (χ1) is 7.62. The van der Waals surface area contributed by atoms with E-state index < -0.39 is 14.3 Å². The third-order valence-electron chi connectivity index (χ3n) is 3.58. The van der Waals surface area contributed by atoms with Crippen molar-refractivity contribution in [2.75, 3.05) is 33.9 Å². The van der Waals surface area contributed by atoms with E-state index in [2.05, 4.69) is 4.90 Å². The summed E-state index contributed by atoms with van der Waals surface area (Å²) in [6.45, 7) is 5.21. The van der Waals surface area contributed by atoms with Crippen molar-refractivity contribution in [2.45, 2.75) is 38.0 Å². The summed E-state index contributed by atoms with van der Waals surface area (Å²) >= 11 is 0. The van der Waals surface area contributed by atoms with E-state index in [-0.39, 0.29) is 0 Å². The first kappa shape index (κ1) is 14.1. The minimum atomic E-state index is -2.36. The van der Waals surface area contributed by atoms with Gasteiger partial charge in [-0.2, -0.15) is 0 Å². The predicted octanol–water partition coefficient (Wildman–Crippen LogP) is 1.13. The van der Waals surface area contributed by atoms with Gasteiger partial charge in [0.15, 0.2) is 0 Å². The molecule has 0 aromatic carbocycles. The van der Waals surface area contributed by atoms with Crippen molar-refractivity contribution < 1.29 is 14.0 Å². The molecule has 1 N–H and O–H groups in total. The van der Waals surface area contributed by atoms with Crippen LogP contribution in [0, 0.1) is 0 Å². The number of likely N-dealkylation sites (tertiary alicyclic amines) is 1. The normalized spacial score (nSPS) is 21.0. The number of hydrogen-bond acceptors (Lipinski definition) is 4. The minimum absolute atomic E-state index is 0.440.